The molecule has 1 aliphatic rings. The van der Waals surface area contributed by atoms with Crippen LogP contribution in [0.4, 0.5) is 18.9 Å². The van der Waals surface area contributed by atoms with Crippen molar-refractivity contribution in [2.75, 3.05) is 23.7 Å². The highest BCUT2D eigenvalue weighted by Gasteiger charge is 2.36. The maximum Gasteiger partial charge on any atom is 0.417 e. The first-order valence-corrected chi connectivity index (χ1v) is 13.5. The minimum Gasteiger partial charge on any atom is -0.350 e. The van der Waals surface area contributed by atoms with E-state index in [9.17, 15) is 26.4 Å². The van der Waals surface area contributed by atoms with Crippen molar-refractivity contribution in [1.29, 1.82) is 0 Å². The summed E-state index contributed by atoms with van der Waals surface area (Å²) in [5.41, 5.74) is 0.487. The summed E-state index contributed by atoms with van der Waals surface area (Å²) in [6.07, 6.45) is -0.326. The molecule has 1 N–H and O–H groups in total. The van der Waals surface area contributed by atoms with Gasteiger partial charge < -0.3 is 5.32 Å². The molecule has 1 aliphatic heterocycles. The molecule has 2 aromatic carbocycles. The topological polar surface area (TPSA) is 69.7 Å². The molecule has 0 aliphatic carbocycles. The number of carbonyl (C=O) groups excluding carboxylic acids is 1. The molecule has 0 aromatic heterocycles. The average molecular weight is 532 g/mol. The summed E-state index contributed by atoms with van der Waals surface area (Å²) in [5.74, 6) is -0.639. The number of nitrogens with zero attached hydrogens (tertiary/aromatic N) is 2. The molecule has 1 fully saturated rings. The van der Waals surface area contributed by atoms with Gasteiger partial charge in [-0.05, 0) is 62.2 Å². The molecule has 2 aromatic rings. The van der Waals surface area contributed by atoms with E-state index in [4.69, 9.17) is 11.6 Å². The zero-order chi connectivity index (χ0) is 25.8. The van der Waals surface area contributed by atoms with Crippen molar-refractivity contribution < 1.29 is 26.4 Å². The van der Waals surface area contributed by atoms with Crippen LogP contribution in [0.15, 0.2) is 42.5 Å². The second-order valence-corrected chi connectivity index (χ2v) is 11.0. The number of benzene rings is 2. The van der Waals surface area contributed by atoms with Crippen molar-refractivity contribution in [2.45, 2.75) is 51.5 Å². The quantitative estimate of drug-likeness (QED) is 0.530. The maximum atomic E-state index is 13.3. The predicted molar refractivity (Wildman–Crippen MR) is 131 cm³/mol. The van der Waals surface area contributed by atoms with Gasteiger partial charge in [0.2, 0.25) is 15.9 Å². The molecule has 1 heterocycles. The van der Waals surface area contributed by atoms with Crippen LogP contribution in [-0.4, -0.2) is 44.6 Å². The molecule has 1 atom stereocenters. The van der Waals surface area contributed by atoms with Crippen molar-refractivity contribution in [3.05, 3.63) is 64.2 Å². The Morgan fingerprint density at radius 2 is 1.77 bits per heavy atom. The first-order chi connectivity index (χ1) is 16.4. The third kappa shape index (κ3) is 7.35. The zero-order valence-corrected chi connectivity index (χ0v) is 21.2. The largest absolute Gasteiger partial charge is 0.417 e. The molecule has 1 saturated heterocycles. The van der Waals surface area contributed by atoms with Gasteiger partial charge in [0.25, 0.3) is 0 Å². The van der Waals surface area contributed by atoms with Gasteiger partial charge in [0.15, 0.2) is 0 Å². The normalized spacial score (nSPS) is 16.1. The third-order valence-corrected chi connectivity index (χ3v) is 7.48. The molecule has 0 radical (unpaired) electrons. The number of likely N-dealkylation sites (tertiary alicyclic amines) is 1. The van der Waals surface area contributed by atoms with Crippen LogP contribution in [0.3, 0.4) is 0 Å². The van der Waals surface area contributed by atoms with Crippen molar-refractivity contribution in [3.8, 4) is 0 Å². The van der Waals surface area contributed by atoms with Gasteiger partial charge in [-0.3, -0.25) is 14.0 Å². The van der Waals surface area contributed by atoms with Crippen molar-refractivity contribution in [2.24, 2.45) is 0 Å². The molecular formula is C24H29ClF3N3O3S. The van der Waals surface area contributed by atoms with Gasteiger partial charge in [-0.15, -0.1) is 0 Å². The Kier molecular flexibility index (Phi) is 8.72. The number of hydrogen-bond acceptors (Lipinski definition) is 4. The number of nitrogens with one attached hydrogen (secondary N) is 1. The van der Waals surface area contributed by atoms with Crippen molar-refractivity contribution in [3.63, 3.8) is 0 Å². The summed E-state index contributed by atoms with van der Waals surface area (Å²) in [7, 11) is -4.09. The summed E-state index contributed by atoms with van der Waals surface area (Å²) in [6, 6.07) is 9.23. The smallest absolute Gasteiger partial charge is 0.350 e. The van der Waals surface area contributed by atoms with Crippen LogP contribution in [0.1, 0.15) is 42.9 Å². The molecule has 192 valence electrons. The van der Waals surface area contributed by atoms with Crippen LogP contribution in [0.25, 0.3) is 0 Å². The Balaban J connectivity index is 1.73. The second-order valence-electron chi connectivity index (χ2n) is 8.77. The Labute approximate surface area is 209 Å². The number of anilines is 1. The summed E-state index contributed by atoms with van der Waals surface area (Å²) < 4.78 is 65.5. The Morgan fingerprint density at radius 3 is 2.40 bits per heavy atom. The molecule has 6 nitrogen and oxygen atoms in total. The molecule has 3 rings (SSSR count). The summed E-state index contributed by atoms with van der Waals surface area (Å²) in [4.78, 5) is 15.2. The summed E-state index contributed by atoms with van der Waals surface area (Å²) in [6.45, 7) is 4.41. The van der Waals surface area contributed by atoms with Crippen LogP contribution >= 0.6 is 11.6 Å². The van der Waals surface area contributed by atoms with E-state index < -0.39 is 38.7 Å². The van der Waals surface area contributed by atoms with Crippen LogP contribution in [0, 0.1) is 0 Å². The van der Waals surface area contributed by atoms with E-state index in [-0.39, 0.29) is 12.2 Å². The van der Waals surface area contributed by atoms with Gasteiger partial charge >= 0.3 is 6.18 Å². The summed E-state index contributed by atoms with van der Waals surface area (Å²) >= 11 is 5.66. The average Bonchev–Trinajstić information content (AvgIpc) is 2.78. The van der Waals surface area contributed by atoms with Crippen molar-refractivity contribution >= 4 is 33.2 Å². The first-order valence-electron chi connectivity index (χ1n) is 11.3. The van der Waals surface area contributed by atoms with E-state index in [2.05, 4.69) is 10.2 Å². The highest BCUT2D eigenvalue weighted by atomic mass is 35.5. The van der Waals surface area contributed by atoms with Gasteiger partial charge in [0, 0.05) is 13.1 Å². The van der Waals surface area contributed by atoms with Crippen LogP contribution in [0.5, 0.6) is 0 Å². The molecule has 11 heteroatoms. The number of amides is 1. The van der Waals surface area contributed by atoms with E-state index in [0.717, 1.165) is 49.1 Å². The number of sulfonamides is 1. The lowest BCUT2D eigenvalue weighted by Gasteiger charge is -2.29. The van der Waals surface area contributed by atoms with E-state index in [1.54, 1.807) is 0 Å². The van der Waals surface area contributed by atoms with Crippen LogP contribution in [0.2, 0.25) is 5.02 Å². The van der Waals surface area contributed by atoms with Crippen LogP contribution < -0.4 is 9.62 Å². The highest BCUT2D eigenvalue weighted by molar-refractivity contribution is 7.92. The molecule has 0 spiro atoms. The number of rotatable bonds is 8. The van der Waals surface area contributed by atoms with Gasteiger partial charge in [-0.2, -0.15) is 13.2 Å². The third-order valence-electron chi connectivity index (χ3n) is 5.91. The Morgan fingerprint density at radius 1 is 1.11 bits per heavy atom. The molecule has 0 bridgehead atoms. The van der Waals surface area contributed by atoms with E-state index in [1.165, 1.54) is 26.2 Å². The standard InChI is InChI=1S/C24H29ClF3N3O3S/c1-17(31(35(2,33)34)20-9-10-22(25)21(14-20)24(26,27)28)23(32)29-15-18-7-6-8-19(13-18)16-30-11-4-3-5-12-30/h6-10,13-14,17H,3-5,11-12,15-16H2,1-2H3,(H,29,32). The monoisotopic (exact) mass is 531 g/mol. The Bertz CT molecular complexity index is 1150. The predicted octanol–water partition coefficient (Wildman–Crippen LogP) is 4.82. The van der Waals surface area contributed by atoms with Crippen LogP contribution in [-0.2, 0) is 34.1 Å². The SMILES string of the molecule is CC(C(=O)NCc1cccc(CN2CCCCC2)c1)N(c1ccc(Cl)c(C(F)(F)F)c1)S(C)(=O)=O. The number of carbonyl (C=O) groups is 1. The minimum atomic E-state index is -4.78. The minimum absolute atomic E-state index is 0.156. The van der Waals surface area contributed by atoms with Gasteiger partial charge in [0.1, 0.15) is 6.04 Å². The fraction of sp³-hybridized carbons (Fsp3) is 0.458. The number of hydrogen-bond donors (Lipinski definition) is 1. The Hall–Kier alpha value is -2.30. The fourth-order valence-electron chi connectivity index (χ4n) is 4.23. The number of piperidine rings is 1. The maximum absolute atomic E-state index is 13.3. The molecule has 1 amide bonds. The summed E-state index contributed by atoms with van der Waals surface area (Å²) in [5, 5.41) is 2.14. The molecular weight excluding hydrogens is 503 g/mol. The van der Waals surface area contributed by atoms with Gasteiger partial charge in [-0.1, -0.05) is 42.3 Å². The fourth-order valence-corrected chi connectivity index (χ4v) is 5.62. The van der Waals surface area contributed by atoms with Crippen molar-refractivity contribution in [1.82, 2.24) is 10.2 Å². The first kappa shape index (κ1) is 27.3. The number of halogens is 4. The molecule has 0 saturated carbocycles. The lowest BCUT2D eigenvalue weighted by molar-refractivity contribution is -0.137. The molecule has 1 unspecified atom stereocenters. The van der Waals surface area contributed by atoms with E-state index in [1.807, 2.05) is 24.3 Å². The second kappa shape index (κ2) is 11.2. The number of alkyl halides is 3. The van der Waals surface area contributed by atoms with E-state index >= 15 is 0 Å². The lowest BCUT2D eigenvalue weighted by Crippen LogP contribution is -2.47. The highest BCUT2D eigenvalue weighted by Crippen LogP contribution is 2.37. The van der Waals surface area contributed by atoms with Gasteiger partial charge in [-0.25, -0.2) is 8.42 Å². The lowest BCUT2D eigenvalue weighted by atomic mass is 10.1. The van der Waals surface area contributed by atoms with E-state index in [0.29, 0.717) is 10.4 Å². The van der Waals surface area contributed by atoms with Gasteiger partial charge in [0.05, 0.1) is 22.5 Å². The molecule has 35 heavy (non-hydrogen) atoms. The zero-order valence-electron chi connectivity index (χ0n) is 19.6.